The number of amides is 1. The molecule has 15 heavy (non-hydrogen) atoms. The largest absolute Gasteiger partial charge is 0.326 e. The van der Waals surface area contributed by atoms with Gasteiger partial charge in [-0.1, -0.05) is 0 Å². The zero-order chi connectivity index (χ0) is 11.1. The van der Waals surface area contributed by atoms with Crippen LogP contribution in [0.25, 0.3) is 0 Å². The quantitative estimate of drug-likeness (QED) is 0.691. The van der Waals surface area contributed by atoms with E-state index in [1.165, 1.54) is 12.3 Å². The van der Waals surface area contributed by atoms with Crippen LogP contribution in [0, 0.1) is 0 Å². The predicted octanol–water partition coefficient (Wildman–Crippen LogP) is 1.50. The van der Waals surface area contributed by atoms with Crippen LogP contribution in [0.2, 0.25) is 5.28 Å². The number of anilines is 1. The predicted molar refractivity (Wildman–Crippen MR) is 49.0 cm³/mol. The van der Waals surface area contributed by atoms with Crippen molar-refractivity contribution in [2.45, 2.75) is 12.3 Å². The van der Waals surface area contributed by atoms with E-state index >= 15 is 0 Å². The number of rotatable bonds is 1. The molecule has 0 N–H and O–H groups in total. The Hall–Kier alpha value is -1.30. The molecular weight excluding hydrogens is 228 g/mol. The van der Waals surface area contributed by atoms with Gasteiger partial charge in [0, 0.05) is 19.2 Å². The summed E-state index contributed by atoms with van der Waals surface area (Å²) in [5, 5.41) is -0.0736. The lowest BCUT2D eigenvalue weighted by Crippen LogP contribution is -2.33. The van der Waals surface area contributed by atoms with Crippen molar-refractivity contribution in [3.8, 4) is 0 Å². The minimum absolute atomic E-state index is 0.0564. The fourth-order valence-electron chi connectivity index (χ4n) is 1.35. The van der Waals surface area contributed by atoms with E-state index < -0.39 is 18.3 Å². The highest BCUT2D eigenvalue weighted by atomic mass is 35.5. The average Bonchev–Trinajstić information content (AvgIpc) is 2.42. The van der Waals surface area contributed by atoms with Gasteiger partial charge in [-0.05, 0) is 17.7 Å². The molecule has 1 fully saturated rings. The van der Waals surface area contributed by atoms with Gasteiger partial charge in [0.05, 0.1) is 0 Å². The summed E-state index contributed by atoms with van der Waals surface area (Å²) in [6.45, 7) is -0.0564. The summed E-state index contributed by atoms with van der Waals surface area (Å²) in [4.78, 5) is 19.4. The average molecular weight is 234 g/mol. The van der Waals surface area contributed by atoms with Crippen molar-refractivity contribution in [1.82, 2.24) is 9.97 Å². The number of hydrogen-bond donors (Lipinski definition) is 0. The first kappa shape index (κ1) is 10.2. The highest BCUT2D eigenvalue weighted by Gasteiger charge is 2.48. The second-order valence-electron chi connectivity index (χ2n) is 3.10. The first-order chi connectivity index (χ1) is 7.00. The fraction of sp³-hybridized carbons (Fsp3) is 0.375. The molecule has 80 valence electrons. The Morgan fingerprint density at radius 1 is 1.53 bits per heavy atom. The lowest BCUT2D eigenvalue weighted by molar-refractivity contribution is -0.137. The van der Waals surface area contributed by atoms with Crippen LogP contribution in [-0.2, 0) is 4.79 Å². The van der Waals surface area contributed by atoms with Gasteiger partial charge in [0.25, 0.3) is 5.91 Å². The van der Waals surface area contributed by atoms with Crippen LogP contribution in [0.15, 0.2) is 12.3 Å². The molecule has 1 amide bonds. The van der Waals surface area contributed by atoms with Crippen LogP contribution in [0.3, 0.4) is 0 Å². The Kier molecular flexibility index (Phi) is 2.30. The molecule has 1 aliphatic heterocycles. The van der Waals surface area contributed by atoms with Gasteiger partial charge in [0.15, 0.2) is 0 Å². The van der Waals surface area contributed by atoms with Gasteiger partial charge in [0.2, 0.25) is 5.28 Å². The molecule has 0 unspecified atom stereocenters. The third-order valence-electron chi connectivity index (χ3n) is 2.10. The van der Waals surface area contributed by atoms with E-state index in [1.54, 1.807) is 0 Å². The van der Waals surface area contributed by atoms with Crippen molar-refractivity contribution < 1.29 is 13.6 Å². The Morgan fingerprint density at radius 2 is 2.27 bits per heavy atom. The molecule has 0 radical (unpaired) electrons. The zero-order valence-corrected chi connectivity index (χ0v) is 8.21. The number of nitrogens with zero attached hydrogens (tertiary/aromatic N) is 3. The number of alkyl halides is 2. The SMILES string of the molecule is O=C1N(c2ccnc(Cl)n2)CCC1(F)F. The standard InChI is InChI=1S/C8H6ClF2N3O/c9-7-12-3-1-5(13-7)14-4-2-8(10,11)6(14)15/h1,3H,2,4H2. The molecule has 4 nitrogen and oxygen atoms in total. The maximum atomic E-state index is 12.9. The molecule has 1 saturated heterocycles. The second kappa shape index (κ2) is 3.37. The topological polar surface area (TPSA) is 46.1 Å². The maximum absolute atomic E-state index is 12.9. The van der Waals surface area contributed by atoms with Crippen molar-refractivity contribution >= 4 is 23.3 Å². The van der Waals surface area contributed by atoms with Crippen molar-refractivity contribution in [2.75, 3.05) is 11.4 Å². The van der Waals surface area contributed by atoms with Gasteiger partial charge in [-0.15, -0.1) is 0 Å². The Bertz CT molecular complexity index is 413. The maximum Gasteiger partial charge on any atom is 0.326 e. The number of carbonyl (C=O) groups is 1. The molecule has 0 atom stereocenters. The molecule has 0 saturated carbocycles. The summed E-state index contributed by atoms with van der Waals surface area (Å²) in [6, 6.07) is 1.37. The first-order valence-corrected chi connectivity index (χ1v) is 4.57. The molecule has 1 aromatic rings. The van der Waals surface area contributed by atoms with Crippen LogP contribution < -0.4 is 4.90 Å². The summed E-state index contributed by atoms with van der Waals surface area (Å²) >= 11 is 5.49. The van der Waals surface area contributed by atoms with Gasteiger partial charge < -0.3 is 0 Å². The van der Waals surface area contributed by atoms with Crippen molar-refractivity contribution in [2.24, 2.45) is 0 Å². The van der Waals surface area contributed by atoms with Crippen molar-refractivity contribution in [1.29, 1.82) is 0 Å². The van der Waals surface area contributed by atoms with E-state index in [4.69, 9.17) is 11.6 Å². The molecule has 2 rings (SSSR count). The molecule has 0 spiro atoms. The molecule has 2 heterocycles. The van der Waals surface area contributed by atoms with Crippen LogP contribution >= 0.6 is 11.6 Å². The van der Waals surface area contributed by atoms with E-state index in [2.05, 4.69) is 9.97 Å². The van der Waals surface area contributed by atoms with Crippen LogP contribution in [0.1, 0.15) is 6.42 Å². The van der Waals surface area contributed by atoms with Crippen molar-refractivity contribution in [3.05, 3.63) is 17.5 Å². The normalized spacial score (nSPS) is 19.7. The van der Waals surface area contributed by atoms with Gasteiger partial charge >= 0.3 is 5.92 Å². The summed E-state index contributed by atoms with van der Waals surface area (Å²) in [5.74, 6) is -4.42. The number of carbonyl (C=O) groups excluding carboxylic acids is 1. The number of hydrogen-bond acceptors (Lipinski definition) is 3. The molecular formula is C8H6ClF2N3O. The van der Waals surface area contributed by atoms with E-state index in [9.17, 15) is 13.6 Å². The lowest BCUT2D eigenvalue weighted by Gasteiger charge is -2.14. The Balaban J connectivity index is 2.31. The smallest absolute Gasteiger partial charge is 0.291 e. The molecule has 0 bridgehead atoms. The number of aromatic nitrogens is 2. The van der Waals surface area contributed by atoms with Gasteiger partial charge in [-0.3, -0.25) is 9.69 Å². The third kappa shape index (κ3) is 1.77. The van der Waals surface area contributed by atoms with Gasteiger partial charge in [0.1, 0.15) is 5.82 Å². The molecule has 1 aromatic heterocycles. The number of halogens is 3. The summed E-state index contributed by atoms with van der Waals surface area (Å²) in [6.07, 6.45) is 0.821. The zero-order valence-electron chi connectivity index (χ0n) is 7.45. The second-order valence-corrected chi connectivity index (χ2v) is 3.43. The van der Waals surface area contributed by atoms with Crippen LogP contribution in [-0.4, -0.2) is 28.3 Å². The van der Waals surface area contributed by atoms with E-state index in [0.29, 0.717) is 0 Å². The molecule has 1 aliphatic rings. The Morgan fingerprint density at radius 3 is 2.80 bits per heavy atom. The highest BCUT2D eigenvalue weighted by molar-refractivity contribution is 6.28. The van der Waals surface area contributed by atoms with Crippen LogP contribution in [0.5, 0.6) is 0 Å². The fourth-order valence-corrected chi connectivity index (χ4v) is 1.50. The molecule has 7 heteroatoms. The van der Waals surface area contributed by atoms with E-state index in [-0.39, 0.29) is 17.6 Å². The summed E-state index contributed by atoms with van der Waals surface area (Å²) in [7, 11) is 0. The first-order valence-electron chi connectivity index (χ1n) is 4.19. The van der Waals surface area contributed by atoms with Gasteiger partial charge in [-0.2, -0.15) is 8.78 Å². The monoisotopic (exact) mass is 233 g/mol. The molecule has 0 aromatic carbocycles. The van der Waals surface area contributed by atoms with Crippen molar-refractivity contribution in [3.63, 3.8) is 0 Å². The van der Waals surface area contributed by atoms with Crippen LogP contribution in [0.4, 0.5) is 14.6 Å². The minimum atomic E-state index is -3.29. The van der Waals surface area contributed by atoms with E-state index in [1.807, 2.05) is 0 Å². The Labute approximate surface area is 88.9 Å². The molecule has 0 aliphatic carbocycles. The van der Waals surface area contributed by atoms with Gasteiger partial charge in [-0.25, -0.2) is 9.97 Å². The van der Waals surface area contributed by atoms with E-state index in [0.717, 1.165) is 4.90 Å². The summed E-state index contributed by atoms with van der Waals surface area (Å²) in [5.41, 5.74) is 0. The lowest BCUT2D eigenvalue weighted by atomic mass is 10.3. The highest BCUT2D eigenvalue weighted by Crippen LogP contribution is 2.31. The third-order valence-corrected chi connectivity index (χ3v) is 2.28. The minimum Gasteiger partial charge on any atom is -0.291 e. The summed E-state index contributed by atoms with van der Waals surface area (Å²) < 4.78 is 25.8.